The molecule has 150 valence electrons. The first-order valence-electron chi connectivity index (χ1n) is 8.83. The number of hydrogen-bond donors (Lipinski definition) is 2. The van der Waals surface area contributed by atoms with Gasteiger partial charge in [-0.05, 0) is 48.0 Å². The zero-order valence-electron chi connectivity index (χ0n) is 15.9. The van der Waals surface area contributed by atoms with E-state index in [1.165, 1.54) is 25.3 Å². The summed E-state index contributed by atoms with van der Waals surface area (Å²) in [6.45, 7) is 0. The Bertz CT molecular complexity index is 1140. The number of nitriles is 1. The number of phenolic OH excluding ortho intramolecular Hbond substituents is 1. The molecule has 3 aromatic rings. The molecule has 0 saturated carbocycles. The van der Waals surface area contributed by atoms with Gasteiger partial charge in [0, 0.05) is 0 Å². The highest BCUT2D eigenvalue weighted by Gasteiger charge is 2.14. The molecule has 3 aromatic carbocycles. The van der Waals surface area contributed by atoms with E-state index in [9.17, 15) is 15.2 Å². The second kappa shape index (κ2) is 9.50. The van der Waals surface area contributed by atoms with Crippen molar-refractivity contribution in [2.75, 3.05) is 12.4 Å². The number of nitrogens with one attached hydrogen (secondary N) is 1. The molecule has 0 aliphatic carbocycles. The minimum atomic E-state index is -0.621. The highest BCUT2D eigenvalue weighted by Crippen LogP contribution is 2.35. The molecule has 2 N–H and O–H groups in total. The number of carbonyl (C=O) groups is 1. The lowest BCUT2D eigenvalue weighted by atomic mass is 10.1. The maximum Gasteiger partial charge on any atom is 0.266 e. The molecule has 0 unspecified atom stereocenters. The molecule has 7 heteroatoms. The van der Waals surface area contributed by atoms with Crippen molar-refractivity contribution in [3.8, 4) is 29.1 Å². The average molecular weight is 421 g/mol. The second-order valence-electron chi connectivity index (χ2n) is 6.09. The van der Waals surface area contributed by atoms with E-state index in [-0.39, 0.29) is 22.1 Å². The number of hydrogen-bond acceptors (Lipinski definition) is 5. The zero-order chi connectivity index (χ0) is 21.5. The van der Waals surface area contributed by atoms with E-state index >= 15 is 0 Å². The molecular weight excluding hydrogens is 404 g/mol. The van der Waals surface area contributed by atoms with Crippen molar-refractivity contribution in [2.45, 2.75) is 0 Å². The number of aromatic hydroxyl groups is 1. The number of carbonyl (C=O) groups excluding carboxylic acids is 1. The predicted molar refractivity (Wildman–Crippen MR) is 115 cm³/mol. The van der Waals surface area contributed by atoms with Crippen molar-refractivity contribution in [1.82, 2.24) is 0 Å². The van der Waals surface area contributed by atoms with E-state index in [0.717, 1.165) is 0 Å². The first-order chi connectivity index (χ1) is 14.5. The molecule has 0 aliphatic rings. The number of para-hydroxylation sites is 3. The van der Waals surface area contributed by atoms with Crippen LogP contribution in [-0.4, -0.2) is 18.1 Å². The van der Waals surface area contributed by atoms with Gasteiger partial charge in [0.15, 0.2) is 17.2 Å². The number of rotatable bonds is 6. The number of amides is 1. The zero-order valence-corrected chi connectivity index (χ0v) is 16.7. The monoisotopic (exact) mass is 420 g/mol. The van der Waals surface area contributed by atoms with E-state index in [1.807, 2.05) is 24.3 Å². The number of halogens is 1. The SMILES string of the molecule is COc1cc(/C=C(\C#N)C(=O)Nc2ccccc2Oc2ccccc2)cc(Cl)c1O. The Kier molecular flexibility index (Phi) is 6.58. The van der Waals surface area contributed by atoms with Crippen molar-refractivity contribution >= 4 is 29.3 Å². The summed E-state index contributed by atoms with van der Waals surface area (Å²) in [6, 6.07) is 20.8. The van der Waals surface area contributed by atoms with E-state index in [4.69, 9.17) is 21.1 Å². The van der Waals surface area contributed by atoms with Crippen LogP contribution in [0.1, 0.15) is 5.56 Å². The van der Waals surface area contributed by atoms with E-state index in [0.29, 0.717) is 22.7 Å². The topological polar surface area (TPSA) is 91.6 Å². The number of nitrogens with zero attached hydrogens (tertiary/aromatic N) is 1. The third-order valence-corrected chi connectivity index (χ3v) is 4.34. The summed E-state index contributed by atoms with van der Waals surface area (Å²) in [4.78, 5) is 12.7. The van der Waals surface area contributed by atoms with Gasteiger partial charge in [0.1, 0.15) is 17.4 Å². The molecule has 0 radical (unpaired) electrons. The van der Waals surface area contributed by atoms with Crippen LogP contribution in [0.4, 0.5) is 5.69 Å². The number of ether oxygens (including phenoxy) is 2. The normalized spacial score (nSPS) is 10.8. The molecule has 0 saturated heterocycles. The molecule has 0 aliphatic heterocycles. The van der Waals surface area contributed by atoms with Crippen LogP contribution in [0.2, 0.25) is 5.02 Å². The second-order valence-corrected chi connectivity index (χ2v) is 6.50. The van der Waals surface area contributed by atoms with Gasteiger partial charge in [0.05, 0.1) is 17.8 Å². The van der Waals surface area contributed by atoms with Gasteiger partial charge in [-0.3, -0.25) is 4.79 Å². The molecule has 30 heavy (non-hydrogen) atoms. The van der Waals surface area contributed by atoms with E-state index < -0.39 is 5.91 Å². The fourth-order valence-corrected chi connectivity index (χ4v) is 2.83. The number of methoxy groups -OCH3 is 1. The molecule has 0 bridgehead atoms. The Morgan fingerprint density at radius 3 is 2.50 bits per heavy atom. The molecule has 0 aromatic heterocycles. The van der Waals surface area contributed by atoms with Gasteiger partial charge in [0.25, 0.3) is 5.91 Å². The summed E-state index contributed by atoms with van der Waals surface area (Å²) in [5, 5.41) is 22.0. The van der Waals surface area contributed by atoms with Crippen molar-refractivity contribution in [3.63, 3.8) is 0 Å². The van der Waals surface area contributed by atoms with Gasteiger partial charge in [-0.25, -0.2) is 0 Å². The van der Waals surface area contributed by atoms with Gasteiger partial charge in [-0.2, -0.15) is 5.26 Å². The van der Waals surface area contributed by atoms with Crippen LogP contribution < -0.4 is 14.8 Å². The van der Waals surface area contributed by atoms with Crippen LogP contribution in [-0.2, 0) is 4.79 Å². The predicted octanol–water partition coefficient (Wildman–Crippen LogP) is 5.39. The van der Waals surface area contributed by atoms with E-state index in [1.54, 1.807) is 36.4 Å². The molecule has 0 spiro atoms. The van der Waals surface area contributed by atoms with Gasteiger partial charge >= 0.3 is 0 Å². The van der Waals surface area contributed by atoms with Crippen LogP contribution in [0, 0.1) is 11.3 Å². The van der Waals surface area contributed by atoms with Gasteiger partial charge in [-0.15, -0.1) is 0 Å². The lowest BCUT2D eigenvalue weighted by molar-refractivity contribution is -0.112. The summed E-state index contributed by atoms with van der Waals surface area (Å²) in [6.07, 6.45) is 1.35. The molecule has 0 atom stereocenters. The summed E-state index contributed by atoms with van der Waals surface area (Å²) in [5.41, 5.74) is 0.678. The Labute approximate surface area is 178 Å². The molecule has 3 rings (SSSR count). The third kappa shape index (κ3) is 4.90. The van der Waals surface area contributed by atoms with Gasteiger partial charge < -0.3 is 19.9 Å². The Morgan fingerprint density at radius 1 is 1.10 bits per heavy atom. The van der Waals surface area contributed by atoms with Gasteiger partial charge in [-0.1, -0.05) is 41.9 Å². The summed E-state index contributed by atoms with van der Waals surface area (Å²) in [7, 11) is 1.38. The Balaban J connectivity index is 1.86. The minimum Gasteiger partial charge on any atom is -0.503 e. The summed E-state index contributed by atoms with van der Waals surface area (Å²) >= 11 is 5.97. The first kappa shape index (κ1) is 20.8. The largest absolute Gasteiger partial charge is 0.503 e. The van der Waals surface area contributed by atoms with Crippen LogP contribution >= 0.6 is 11.6 Å². The highest BCUT2D eigenvalue weighted by atomic mass is 35.5. The smallest absolute Gasteiger partial charge is 0.266 e. The maximum atomic E-state index is 12.7. The Morgan fingerprint density at radius 2 is 1.80 bits per heavy atom. The van der Waals surface area contributed by atoms with Crippen LogP contribution in [0.25, 0.3) is 6.08 Å². The van der Waals surface area contributed by atoms with Crippen molar-refractivity contribution in [1.29, 1.82) is 5.26 Å². The molecule has 1 amide bonds. The third-order valence-electron chi connectivity index (χ3n) is 4.05. The fourth-order valence-electron chi connectivity index (χ4n) is 2.61. The van der Waals surface area contributed by atoms with E-state index in [2.05, 4.69) is 5.32 Å². The summed E-state index contributed by atoms with van der Waals surface area (Å²) in [5.74, 6) is 0.342. The molecular formula is C23H17ClN2O4. The quantitative estimate of drug-likeness (QED) is 0.412. The van der Waals surface area contributed by atoms with Crippen molar-refractivity contribution in [3.05, 3.63) is 82.9 Å². The standard InChI is InChI=1S/C23H17ClN2O4/c1-29-21-13-15(12-18(24)22(21)27)11-16(14-25)23(28)26-19-9-5-6-10-20(19)30-17-7-3-2-4-8-17/h2-13,27H,1H3,(H,26,28)/b16-11+. The number of phenols is 1. The molecule has 0 fully saturated rings. The Hall–Kier alpha value is -3.95. The lowest BCUT2D eigenvalue weighted by Gasteiger charge is -2.12. The highest BCUT2D eigenvalue weighted by molar-refractivity contribution is 6.32. The lowest BCUT2D eigenvalue weighted by Crippen LogP contribution is -2.14. The fraction of sp³-hybridized carbons (Fsp3) is 0.0435. The van der Waals surface area contributed by atoms with Crippen LogP contribution in [0.3, 0.4) is 0 Å². The van der Waals surface area contributed by atoms with Crippen molar-refractivity contribution in [2.24, 2.45) is 0 Å². The van der Waals surface area contributed by atoms with Gasteiger partial charge in [0.2, 0.25) is 0 Å². The number of benzene rings is 3. The first-order valence-corrected chi connectivity index (χ1v) is 9.21. The maximum absolute atomic E-state index is 12.7. The summed E-state index contributed by atoms with van der Waals surface area (Å²) < 4.78 is 10.9. The number of anilines is 1. The minimum absolute atomic E-state index is 0.0416. The average Bonchev–Trinajstić information content (AvgIpc) is 2.76. The van der Waals surface area contributed by atoms with Crippen molar-refractivity contribution < 1.29 is 19.4 Å². The molecule has 6 nitrogen and oxygen atoms in total. The molecule has 0 heterocycles. The van der Waals surface area contributed by atoms with Crippen LogP contribution in [0.5, 0.6) is 23.0 Å². The van der Waals surface area contributed by atoms with Crippen LogP contribution in [0.15, 0.2) is 72.3 Å².